The third kappa shape index (κ3) is 3.92. The van der Waals surface area contributed by atoms with Crippen molar-refractivity contribution in [2.75, 3.05) is 19.0 Å². The van der Waals surface area contributed by atoms with Gasteiger partial charge >= 0.3 is 11.6 Å². The summed E-state index contributed by atoms with van der Waals surface area (Å²) >= 11 is 0. The summed E-state index contributed by atoms with van der Waals surface area (Å²) in [7, 11) is 3.87. The molecule has 3 aromatic rings. The summed E-state index contributed by atoms with van der Waals surface area (Å²) in [6.07, 6.45) is 4.25. The monoisotopic (exact) mass is 363 g/mol. The molecule has 1 aromatic heterocycles. The van der Waals surface area contributed by atoms with Crippen LogP contribution in [0.5, 0.6) is 0 Å². The number of carboxylic acid groups (broad SMARTS) is 1. The molecule has 1 heterocycles. The minimum Gasteiger partial charge on any atom is -0.478 e. The second-order valence-electron chi connectivity index (χ2n) is 6.61. The first-order chi connectivity index (χ1) is 12.9. The van der Waals surface area contributed by atoms with Crippen LogP contribution in [0.25, 0.3) is 17.0 Å². The zero-order valence-corrected chi connectivity index (χ0v) is 15.5. The van der Waals surface area contributed by atoms with Crippen molar-refractivity contribution in [2.45, 2.75) is 13.3 Å². The highest BCUT2D eigenvalue weighted by Crippen LogP contribution is 2.24. The number of benzene rings is 2. The van der Waals surface area contributed by atoms with E-state index in [-0.39, 0.29) is 11.2 Å². The number of hydrogen-bond donors (Lipinski definition) is 1. The zero-order chi connectivity index (χ0) is 19.6. The predicted molar refractivity (Wildman–Crippen MR) is 108 cm³/mol. The van der Waals surface area contributed by atoms with Gasteiger partial charge in [0.2, 0.25) is 0 Å². The van der Waals surface area contributed by atoms with Gasteiger partial charge in [-0.25, -0.2) is 9.59 Å². The summed E-state index contributed by atoms with van der Waals surface area (Å²) in [5.41, 5.74) is 3.81. The number of rotatable bonds is 5. The van der Waals surface area contributed by atoms with E-state index in [9.17, 15) is 9.59 Å². The second kappa shape index (κ2) is 7.50. The number of allylic oxidation sites excluding steroid dienone is 1. The molecule has 3 rings (SSSR count). The van der Waals surface area contributed by atoms with Crippen LogP contribution < -0.4 is 10.5 Å². The van der Waals surface area contributed by atoms with E-state index in [2.05, 4.69) is 0 Å². The lowest BCUT2D eigenvalue weighted by molar-refractivity contribution is 0.0697. The van der Waals surface area contributed by atoms with Crippen LogP contribution in [0.3, 0.4) is 0 Å². The summed E-state index contributed by atoms with van der Waals surface area (Å²) in [5, 5.41) is 9.84. The molecule has 0 radical (unpaired) electrons. The minimum absolute atomic E-state index is 0.255. The highest BCUT2D eigenvalue weighted by Gasteiger charge is 2.10. The standard InChI is InChI=1S/C22H21NO4/c1-14-18-12-11-17(23(2)3)13-20(18)27-22(26)19(14)6-4-5-15-7-9-16(10-8-15)21(24)25/h4,6-13H,5H2,1-3H3,(H,24,25)/b6-4+. The van der Waals surface area contributed by atoms with Crippen molar-refractivity contribution in [3.05, 3.63) is 81.2 Å². The molecule has 138 valence electrons. The van der Waals surface area contributed by atoms with Crippen molar-refractivity contribution in [1.29, 1.82) is 0 Å². The Kier molecular flexibility index (Phi) is 5.12. The minimum atomic E-state index is -0.945. The largest absolute Gasteiger partial charge is 0.478 e. The molecule has 5 heteroatoms. The Hall–Kier alpha value is -3.34. The van der Waals surface area contributed by atoms with Crippen molar-refractivity contribution >= 4 is 28.7 Å². The van der Waals surface area contributed by atoms with E-state index in [1.807, 2.05) is 50.2 Å². The molecule has 0 fully saturated rings. The molecule has 0 bridgehead atoms. The zero-order valence-electron chi connectivity index (χ0n) is 15.5. The van der Waals surface area contributed by atoms with Crippen LogP contribution in [0.4, 0.5) is 5.69 Å². The van der Waals surface area contributed by atoms with Crippen LogP contribution in [-0.2, 0) is 6.42 Å². The number of nitrogens with zero attached hydrogens (tertiary/aromatic N) is 1. The van der Waals surface area contributed by atoms with Crippen molar-refractivity contribution in [3.63, 3.8) is 0 Å². The van der Waals surface area contributed by atoms with Crippen LogP contribution in [0.1, 0.15) is 27.0 Å². The van der Waals surface area contributed by atoms with Crippen molar-refractivity contribution in [1.82, 2.24) is 0 Å². The van der Waals surface area contributed by atoms with Gasteiger partial charge in [-0.15, -0.1) is 0 Å². The van der Waals surface area contributed by atoms with Crippen LogP contribution >= 0.6 is 0 Å². The number of anilines is 1. The maximum absolute atomic E-state index is 12.4. The van der Waals surface area contributed by atoms with Gasteiger partial charge in [0.25, 0.3) is 0 Å². The van der Waals surface area contributed by atoms with Crippen molar-refractivity contribution in [2.24, 2.45) is 0 Å². The first-order valence-electron chi connectivity index (χ1n) is 8.60. The van der Waals surface area contributed by atoms with E-state index in [0.717, 1.165) is 22.2 Å². The van der Waals surface area contributed by atoms with Crippen molar-refractivity contribution in [3.8, 4) is 0 Å². The van der Waals surface area contributed by atoms with E-state index in [1.165, 1.54) is 0 Å². The Morgan fingerprint density at radius 2 is 1.85 bits per heavy atom. The molecule has 0 aliphatic heterocycles. The third-order valence-corrected chi connectivity index (χ3v) is 4.55. The fourth-order valence-corrected chi connectivity index (χ4v) is 2.93. The fourth-order valence-electron chi connectivity index (χ4n) is 2.93. The Labute approximate surface area is 157 Å². The van der Waals surface area contributed by atoms with Gasteiger partial charge in [0.15, 0.2) is 0 Å². The third-order valence-electron chi connectivity index (χ3n) is 4.55. The molecule has 0 atom stereocenters. The lowest BCUT2D eigenvalue weighted by atomic mass is 10.0. The van der Waals surface area contributed by atoms with Crippen LogP contribution in [0, 0.1) is 6.92 Å². The second-order valence-corrected chi connectivity index (χ2v) is 6.61. The van der Waals surface area contributed by atoms with E-state index < -0.39 is 5.97 Å². The van der Waals surface area contributed by atoms with E-state index in [1.54, 1.807) is 30.3 Å². The van der Waals surface area contributed by atoms with Gasteiger partial charge in [-0.3, -0.25) is 0 Å². The smallest absolute Gasteiger partial charge is 0.343 e. The van der Waals surface area contributed by atoms with Crippen molar-refractivity contribution < 1.29 is 14.3 Å². The predicted octanol–water partition coefficient (Wildman–Crippen LogP) is 4.12. The summed E-state index contributed by atoms with van der Waals surface area (Å²) in [6.45, 7) is 1.91. The molecule has 0 amide bonds. The number of carboxylic acids is 1. The molecule has 0 spiro atoms. The quantitative estimate of drug-likeness (QED) is 0.691. The molecular weight excluding hydrogens is 342 g/mol. The molecular formula is C22H21NO4. The number of hydrogen-bond acceptors (Lipinski definition) is 4. The van der Waals surface area contributed by atoms with Crippen LogP contribution in [0.15, 0.2) is 57.8 Å². The van der Waals surface area contributed by atoms with Gasteiger partial charge in [-0.05, 0) is 48.7 Å². The number of carbonyl (C=O) groups is 1. The van der Waals surface area contributed by atoms with E-state index >= 15 is 0 Å². The molecule has 0 saturated heterocycles. The molecule has 2 aromatic carbocycles. The van der Waals surface area contributed by atoms with Gasteiger partial charge in [-0.1, -0.05) is 24.3 Å². The first-order valence-corrected chi connectivity index (χ1v) is 8.60. The number of fused-ring (bicyclic) bond motifs is 1. The molecule has 1 N–H and O–H groups in total. The summed E-state index contributed by atoms with van der Waals surface area (Å²) in [5.74, 6) is -0.945. The lowest BCUT2D eigenvalue weighted by Crippen LogP contribution is -2.10. The fraction of sp³-hybridized carbons (Fsp3) is 0.182. The lowest BCUT2D eigenvalue weighted by Gasteiger charge is -2.13. The van der Waals surface area contributed by atoms with Gasteiger partial charge in [-0.2, -0.15) is 0 Å². The summed E-state index contributed by atoms with van der Waals surface area (Å²) in [6, 6.07) is 12.5. The molecule has 27 heavy (non-hydrogen) atoms. The maximum Gasteiger partial charge on any atom is 0.343 e. The number of aromatic carboxylic acids is 1. The van der Waals surface area contributed by atoms with Gasteiger partial charge in [0, 0.05) is 31.2 Å². The summed E-state index contributed by atoms with van der Waals surface area (Å²) in [4.78, 5) is 25.2. The van der Waals surface area contributed by atoms with Crippen LogP contribution in [-0.4, -0.2) is 25.2 Å². The summed E-state index contributed by atoms with van der Waals surface area (Å²) < 4.78 is 5.51. The van der Waals surface area contributed by atoms with Gasteiger partial charge in [0.1, 0.15) is 5.58 Å². The molecule has 0 aliphatic carbocycles. The average molecular weight is 363 g/mol. The normalized spacial score (nSPS) is 11.2. The van der Waals surface area contributed by atoms with E-state index in [4.69, 9.17) is 9.52 Å². The Bertz CT molecular complexity index is 1080. The topological polar surface area (TPSA) is 70.7 Å². The Balaban J connectivity index is 1.88. The van der Waals surface area contributed by atoms with Gasteiger partial charge in [0.05, 0.1) is 11.1 Å². The molecule has 0 saturated carbocycles. The molecule has 5 nitrogen and oxygen atoms in total. The Morgan fingerprint density at radius 3 is 2.48 bits per heavy atom. The average Bonchev–Trinajstić information content (AvgIpc) is 2.64. The van der Waals surface area contributed by atoms with Crippen LogP contribution in [0.2, 0.25) is 0 Å². The van der Waals surface area contributed by atoms with E-state index in [0.29, 0.717) is 17.6 Å². The molecule has 0 unspecified atom stereocenters. The Morgan fingerprint density at radius 1 is 1.15 bits per heavy atom. The maximum atomic E-state index is 12.4. The first kappa shape index (κ1) is 18.5. The number of aryl methyl sites for hydroxylation is 1. The highest BCUT2D eigenvalue weighted by atomic mass is 16.4. The highest BCUT2D eigenvalue weighted by molar-refractivity contribution is 5.87. The SMILES string of the molecule is Cc1c(/C=C/Cc2ccc(C(=O)O)cc2)c(=O)oc2cc(N(C)C)ccc12. The van der Waals surface area contributed by atoms with Gasteiger partial charge < -0.3 is 14.4 Å². The molecule has 0 aliphatic rings.